The van der Waals surface area contributed by atoms with Crippen molar-refractivity contribution in [2.45, 2.75) is 19.3 Å². The molecule has 0 N–H and O–H groups in total. The summed E-state index contributed by atoms with van der Waals surface area (Å²) in [5.74, 6) is 0. The third-order valence-electron chi connectivity index (χ3n) is 1.23. The maximum Gasteiger partial charge on any atom is 0.508 e. The van der Waals surface area contributed by atoms with Crippen LogP contribution in [0.5, 0.6) is 0 Å². The minimum Gasteiger partial charge on any atom is -0.434 e. The number of ether oxygens (including phenoxy) is 2. The second-order valence-electron chi connectivity index (χ2n) is 2.01. The van der Waals surface area contributed by atoms with Crippen molar-refractivity contribution in [3.05, 3.63) is 0 Å². The standard InChI is InChI=1S/C6H10O3/c7-6-8-4-2-1-3-5-9-6/h1-5H2. The number of hydrogen-bond donors (Lipinski definition) is 0. The van der Waals surface area contributed by atoms with Crippen molar-refractivity contribution in [2.24, 2.45) is 0 Å². The second kappa shape index (κ2) is 3.33. The van der Waals surface area contributed by atoms with Crippen LogP contribution in [0.1, 0.15) is 19.3 Å². The lowest BCUT2D eigenvalue weighted by Crippen LogP contribution is -2.12. The van der Waals surface area contributed by atoms with Crippen LogP contribution in [0.15, 0.2) is 0 Å². The SMILES string of the molecule is O=C1OCCCCCO1. The van der Waals surface area contributed by atoms with Gasteiger partial charge >= 0.3 is 6.16 Å². The highest BCUT2D eigenvalue weighted by atomic mass is 16.7. The van der Waals surface area contributed by atoms with Gasteiger partial charge in [0, 0.05) is 0 Å². The highest BCUT2D eigenvalue weighted by Crippen LogP contribution is 2.01. The molecule has 3 nitrogen and oxygen atoms in total. The van der Waals surface area contributed by atoms with E-state index in [4.69, 9.17) is 0 Å². The van der Waals surface area contributed by atoms with Gasteiger partial charge in [0.2, 0.25) is 0 Å². The van der Waals surface area contributed by atoms with E-state index in [9.17, 15) is 4.79 Å². The average molecular weight is 130 g/mol. The molecule has 0 spiro atoms. The first-order valence-corrected chi connectivity index (χ1v) is 3.19. The predicted octanol–water partition coefficient (Wildman–Crippen LogP) is 1.32. The van der Waals surface area contributed by atoms with Crippen LogP contribution < -0.4 is 0 Å². The summed E-state index contributed by atoms with van der Waals surface area (Å²) in [4.78, 5) is 10.4. The molecule has 1 rings (SSSR count). The van der Waals surface area contributed by atoms with E-state index in [0.29, 0.717) is 13.2 Å². The van der Waals surface area contributed by atoms with E-state index < -0.39 is 6.16 Å². The van der Waals surface area contributed by atoms with Crippen LogP contribution >= 0.6 is 0 Å². The van der Waals surface area contributed by atoms with Crippen LogP contribution in [0.2, 0.25) is 0 Å². The summed E-state index contributed by atoms with van der Waals surface area (Å²) < 4.78 is 9.24. The predicted molar refractivity (Wildman–Crippen MR) is 31.2 cm³/mol. The van der Waals surface area contributed by atoms with E-state index in [1.165, 1.54) is 0 Å². The molecular weight excluding hydrogens is 120 g/mol. The maximum atomic E-state index is 10.4. The number of cyclic esters (lactones) is 2. The smallest absolute Gasteiger partial charge is 0.434 e. The molecule has 1 saturated heterocycles. The molecule has 0 radical (unpaired) electrons. The maximum absolute atomic E-state index is 10.4. The zero-order valence-corrected chi connectivity index (χ0v) is 5.26. The summed E-state index contributed by atoms with van der Waals surface area (Å²) in [6.07, 6.45) is 2.51. The summed E-state index contributed by atoms with van der Waals surface area (Å²) in [7, 11) is 0. The zero-order chi connectivity index (χ0) is 6.53. The Morgan fingerprint density at radius 2 is 1.56 bits per heavy atom. The van der Waals surface area contributed by atoms with Gasteiger partial charge in [0.25, 0.3) is 0 Å². The molecule has 0 aromatic carbocycles. The third-order valence-corrected chi connectivity index (χ3v) is 1.23. The largest absolute Gasteiger partial charge is 0.508 e. The lowest BCUT2D eigenvalue weighted by molar-refractivity contribution is 0.0435. The summed E-state index contributed by atoms with van der Waals surface area (Å²) in [5.41, 5.74) is 0. The minimum atomic E-state index is -0.519. The van der Waals surface area contributed by atoms with Gasteiger partial charge < -0.3 is 9.47 Å². The molecule has 0 atom stereocenters. The van der Waals surface area contributed by atoms with Gasteiger partial charge in [-0.25, -0.2) is 4.79 Å². The van der Waals surface area contributed by atoms with E-state index in [0.717, 1.165) is 19.3 Å². The normalized spacial score (nSPS) is 21.1. The lowest BCUT2D eigenvalue weighted by atomic mass is 10.2. The van der Waals surface area contributed by atoms with E-state index in [2.05, 4.69) is 9.47 Å². The van der Waals surface area contributed by atoms with Gasteiger partial charge in [-0.2, -0.15) is 0 Å². The van der Waals surface area contributed by atoms with E-state index in [1.54, 1.807) is 0 Å². The summed E-state index contributed by atoms with van der Waals surface area (Å²) >= 11 is 0. The zero-order valence-electron chi connectivity index (χ0n) is 5.26. The highest BCUT2D eigenvalue weighted by molar-refractivity contribution is 5.59. The van der Waals surface area contributed by atoms with Gasteiger partial charge in [0.15, 0.2) is 0 Å². The van der Waals surface area contributed by atoms with Gasteiger partial charge in [-0.1, -0.05) is 0 Å². The Labute approximate surface area is 53.9 Å². The van der Waals surface area contributed by atoms with Crippen molar-refractivity contribution in [2.75, 3.05) is 13.2 Å². The Hall–Kier alpha value is -0.730. The first-order valence-electron chi connectivity index (χ1n) is 3.19. The lowest BCUT2D eigenvalue weighted by Gasteiger charge is -2.09. The number of carbonyl (C=O) groups excluding carboxylic acids is 1. The highest BCUT2D eigenvalue weighted by Gasteiger charge is 2.05. The van der Waals surface area contributed by atoms with Gasteiger partial charge in [-0.15, -0.1) is 0 Å². The van der Waals surface area contributed by atoms with Crippen LogP contribution in [0.4, 0.5) is 4.79 Å². The number of hydrogen-bond acceptors (Lipinski definition) is 3. The van der Waals surface area contributed by atoms with Crippen molar-refractivity contribution < 1.29 is 14.3 Å². The van der Waals surface area contributed by atoms with E-state index in [1.807, 2.05) is 0 Å². The molecule has 3 heteroatoms. The molecule has 1 aliphatic rings. The summed E-state index contributed by atoms with van der Waals surface area (Å²) in [6.45, 7) is 1.03. The Morgan fingerprint density at radius 1 is 1.00 bits per heavy atom. The molecule has 1 fully saturated rings. The van der Waals surface area contributed by atoms with Gasteiger partial charge in [-0.05, 0) is 19.3 Å². The summed E-state index contributed by atoms with van der Waals surface area (Å²) in [5, 5.41) is 0. The monoisotopic (exact) mass is 130 g/mol. The van der Waals surface area contributed by atoms with E-state index >= 15 is 0 Å². The van der Waals surface area contributed by atoms with Crippen molar-refractivity contribution in [1.29, 1.82) is 0 Å². The molecule has 9 heavy (non-hydrogen) atoms. The van der Waals surface area contributed by atoms with Crippen molar-refractivity contribution in [3.63, 3.8) is 0 Å². The average Bonchev–Trinajstić information content (AvgIpc) is 1.79. The fraction of sp³-hybridized carbons (Fsp3) is 0.833. The molecule has 0 aromatic heterocycles. The Balaban J connectivity index is 2.20. The quantitative estimate of drug-likeness (QED) is 0.464. The molecule has 0 saturated carbocycles. The molecule has 0 unspecified atom stereocenters. The minimum absolute atomic E-state index is 0.513. The molecule has 0 aliphatic carbocycles. The van der Waals surface area contributed by atoms with Crippen LogP contribution in [0, 0.1) is 0 Å². The summed E-state index contributed by atoms with van der Waals surface area (Å²) in [6, 6.07) is 0. The molecule has 0 aromatic rings. The van der Waals surface area contributed by atoms with E-state index in [-0.39, 0.29) is 0 Å². The Bertz CT molecular complexity index is 90.5. The number of rotatable bonds is 0. The third kappa shape index (κ3) is 2.35. The van der Waals surface area contributed by atoms with Crippen molar-refractivity contribution in [1.82, 2.24) is 0 Å². The van der Waals surface area contributed by atoms with Crippen molar-refractivity contribution >= 4 is 6.16 Å². The van der Waals surface area contributed by atoms with Crippen LogP contribution in [-0.4, -0.2) is 19.4 Å². The molecule has 52 valence electrons. The topological polar surface area (TPSA) is 35.5 Å². The molecule has 1 heterocycles. The molecular formula is C6H10O3. The molecule has 0 amide bonds. The second-order valence-corrected chi connectivity index (χ2v) is 2.01. The number of carbonyl (C=O) groups is 1. The van der Waals surface area contributed by atoms with Crippen LogP contribution in [-0.2, 0) is 9.47 Å². The first kappa shape index (κ1) is 6.39. The van der Waals surface area contributed by atoms with Gasteiger partial charge in [0.1, 0.15) is 0 Å². The fourth-order valence-electron chi connectivity index (χ4n) is 0.734. The van der Waals surface area contributed by atoms with Crippen molar-refractivity contribution in [3.8, 4) is 0 Å². The van der Waals surface area contributed by atoms with Crippen LogP contribution in [0.25, 0.3) is 0 Å². The van der Waals surface area contributed by atoms with Gasteiger partial charge in [-0.3, -0.25) is 0 Å². The van der Waals surface area contributed by atoms with Crippen LogP contribution in [0.3, 0.4) is 0 Å². The van der Waals surface area contributed by atoms with Gasteiger partial charge in [0.05, 0.1) is 13.2 Å². The molecule has 0 bridgehead atoms. The Kier molecular flexibility index (Phi) is 2.36. The first-order chi connectivity index (χ1) is 4.39. The molecule has 1 aliphatic heterocycles. The fourth-order valence-corrected chi connectivity index (χ4v) is 0.734. The Morgan fingerprint density at radius 3 is 2.11 bits per heavy atom.